The monoisotopic (exact) mass is 342 g/mol. The molecule has 0 amide bonds. The zero-order valence-corrected chi connectivity index (χ0v) is 13.9. The first-order valence-electron chi connectivity index (χ1n) is 8.27. The fourth-order valence-corrected chi connectivity index (χ4v) is 3.30. The molecular weight excluding hydrogens is 323 g/mol. The molecule has 2 aromatic heterocycles. The van der Waals surface area contributed by atoms with Crippen LogP contribution in [0.3, 0.4) is 0 Å². The van der Waals surface area contributed by atoms with Crippen LogP contribution in [-0.2, 0) is 11.8 Å². The lowest BCUT2D eigenvalue weighted by Crippen LogP contribution is -2.19. The summed E-state index contributed by atoms with van der Waals surface area (Å²) in [6.07, 6.45) is 5.83. The normalized spacial score (nSPS) is 17.9. The summed E-state index contributed by atoms with van der Waals surface area (Å²) in [7, 11) is 1.60. The molecule has 6 nitrogen and oxygen atoms in total. The Hall–Kier alpha value is -2.67. The zero-order valence-electron chi connectivity index (χ0n) is 13.9. The molecule has 1 aliphatic heterocycles. The van der Waals surface area contributed by atoms with E-state index in [1.54, 1.807) is 23.9 Å². The third-order valence-electron chi connectivity index (χ3n) is 4.64. The molecule has 3 aromatic rings. The summed E-state index contributed by atoms with van der Waals surface area (Å²) in [5, 5.41) is 19.4. The van der Waals surface area contributed by atoms with E-state index in [2.05, 4.69) is 16.8 Å². The Labute approximate surface area is 144 Å². The van der Waals surface area contributed by atoms with Crippen LogP contribution in [0.2, 0.25) is 0 Å². The van der Waals surface area contributed by atoms with E-state index in [-0.39, 0.29) is 17.7 Å². The first kappa shape index (κ1) is 15.8. The Kier molecular flexibility index (Phi) is 3.80. The molecule has 1 unspecified atom stereocenters. The Morgan fingerprint density at radius 3 is 2.84 bits per heavy atom. The van der Waals surface area contributed by atoms with Gasteiger partial charge in [0.05, 0.1) is 23.0 Å². The van der Waals surface area contributed by atoms with Gasteiger partial charge in [0.1, 0.15) is 5.82 Å². The van der Waals surface area contributed by atoms with Crippen molar-refractivity contribution in [3.63, 3.8) is 0 Å². The quantitative estimate of drug-likeness (QED) is 0.789. The number of hydrogen-bond donors (Lipinski definition) is 1. The maximum absolute atomic E-state index is 14.8. The molecule has 1 aromatic carbocycles. The molecule has 0 saturated carbocycles. The molecule has 0 spiro atoms. The summed E-state index contributed by atoms with van der Waals surface area (Å²) in [6, 6.07) is 3.12. The Morgan fingerprint density at radius 2 is 2.20 bits per heavy atom. The number of halogens is 1. The van der Waals surface area contributed by atoms with Gasteiger partial charge in [-0.05, 0) is 31.4 Å². The van der Waals surface area contributed by atoms with Crippen LogP contribution in [0.4, 0.5) is 4.39 Å². The van der Waals surface area contributed by atoms with Gasteiger partial charge in [0.2, 0.25) is 5.88 Å². The van der Waals surface area contributed by atoms with Gasteiger partial charge in [-0.3, -0.25) is 0 Å². The predicted octanol–water partition coefficient (Wildman–Crippen LogP) is 3.62. The number of nitrogens with zero attached hydrogens (tertiary/aromatic N) is 4. The first-order chi connectivity index (χ1) is 12.1. The molecular formula is C18H19FN4O2. The van der Waals surface area contributed by atoms with Gasteiger partial charge in [0.15, 0.2) is 6.23 Å². The van der Waals surface area contributed by atoms with Crippen molar-refractivity contribution >= 4 is 17.0 Å². The number of benzene rings is 1. The average Bonchev–Trinajstić information content (AvgIpc) is 3.15. The highest BCUT2D eigenvalue weighted by Gasteiger charge is 2.23. The van der Waals surface area contributed by atoms with Gasteiger partial charge in [-0.2, -0.15) is 10.2 Å². The van der Waals surface area contributed by atoms with Crippen molar-refractivity contribution in [2.24, 2.45) is 7.05 Å². The highest BCUT2D eigenvalue weighted by molar-refractivity contribution is 5.91. The van der Waals surface area contributed by atoms with Crippen molar-refractivity contribution in [3.8, 4) is 17.0 Å². The van der Waals surface area contributed by atoms with Gasteiger partial charge < -0.3 is 9.84 Å². The molecule has 1 atom stereocenters. The number of ether oxygens (including phenoxy) is 1. The van der Waals surface area contributed by atoms with E-state index in [9.17, 15) is 9.50 Å². The minimum Gasteiger partial charge on any atom is -0.493 e. The SMILES string of the molecule is C=Cc1nn(C2CCCCO2)c2cc(F)c(-c3cnn(C)c3O)cc12. The average molecular weight is 342 g/mol. The number of hydrogen-bond acceptors (Lipinski definition) is 4. The minimum atomic E-state index is -0.441. The van der Waals surface area contributed by atoms with Crippen molar-refractivity contribution in [1.29, 1.82) is 0 Å². The van der Waals surface area contributed by atoms with Crippen LogP contribution in [0.1, 0.15) is 31.2 Å². The van der Waals surface area contributed by atoms with Crippen LogP contribution in [0.15, 0.2) is 24.9 Å². The molecule has 0 aliphatic carbocycles. The second kappa shape index (κ2) is 6.00. The van der Waals surface area contributed by atoms with Crippen LogP contribution in [-0.4, -0.2) is 31.3 Å². The second-order valence-corrected chi connectivity index (χ2v) is 6.21. The third-order valence-corrected chi connectivity index (χ3v) is 4.64. The summed E-state index contributed by atoms with van der Waals surface area (Å²) in [4.78, 5) is 0. The molecule has 0 bridgehead atoms. The van der Waals surface area contributed by atoms with Crippen molar-refractivity contribution in [1.82, 2.24) is 19.6 Å². The number of rotatable bonds is 3. The van der Waals surface area contributed by atoms with Crippen molar-refractivity contribution < 1.29 is 14.2 Å². The highest BCUT2D eigenvalue weighted by atomic mass is 19.1. The summed E-state index contributed by atoms with van der Waals surface area (Å²) in [6.45, 7) is 4.49. The lowest BCUT2D eigenvalue weighted by Gasteiger charge is -2.23. The maximum Gasteiger partial charge on any atom is 0.217 e. The van der Waals surface area contributed by atoms with Crippen molar-refractivity contribution in [2.75, 3.05) is 6.61 Å². The fourth-order valence-electron chi connectivity index (χ4n) is 3.30. The molecule has 1 fully saturated rings. The third kappa shape index (κ3) is 2.51. The summed E-state index contributed by atoms with van der Waals surface area (Å²) >= 11 is 0. The standard InChI is InChI=1S/C18H19FN4O2/c1-3-15-12-8-11(13-10-20-22(2)18(13)24)14(19)9-16(12)23(21-15)17-6-4-5-7-25-17/h3,8-10,17,24H,1,4-7H2,2H3. The van der Waals surface area contributed by atoms with Crippen molar-refractivity contribution in [3.05, 3.63) is 36.4 Å². The van der Waals surface area contributed by atoms with E-state index >= 15 is 0 Å². The van der Waals surface area contributed by atoms with Crippen LogP contribution < -0.4 is 0 Å². The van der Waals surface area contributed by atoms with Crippen LogP contribution in [0, 0.1) is 5.82 Å². The smallest absolute Gasteiger partial charge is 0.217 e. The van der Waals surface area contributed by atoms with E-state index < -0.39 is 5.82 Å². The largest absolute Gasteiger partial charge is 0.493 e. The molecule has 25 heavy (non-hydrogen) atoms. The Bertz CT molecular complexity index is 954. The van der Waals surface area contributed by atoms with Gasteiger partial charge in [-0.25, -0.2) is 13.8 Å². The van der Waals surface area contributed by atoms with E-state index in [0.29, 0.717) is 23.4 Å². The second-order valence-electron chi connectivity index (χ2n) is 6.21. The topological polar surface area (TPSA) is 65.1 Å². The highest BCUT2D eigenvalue weighted by Crippen LogP contribution is 2.36. The zero-order chi connectivity index (χ0) is 17.6. The Balaban J connectivity index is 1.91. The fraction of sp³-hybridized carbons (Fsp3) is 0.333. The maximum atomic E-state index is 14.8. The minimum absolute atomic E-state index is 0.0820. The molecule has 4 rings (SSSR count). The number of aromatic hydroxyl groups is 1. The predicted molar refractivity (Wildman–Crippen MR) is 92.5 cm³/mol. The lowest BCUT2D eigenvalue weighted by atomic mass is 10.0. The molecule has 1 saturated heterocycles. The van der Waals surface area contributed by atoms with Gasteiger partial charge in [0.25, 0.3) is 0 Å². The molecule has 3 heterocycles. The van der Waals surface area contributed by atoms with Crippen molar-refractivity contribution in [2.45, 2.75) is 25.5 Å². The molecule has 130 valence electrons. The van der Waals surface area contributed by atoms with Gasteiger partial charge >= 0.3 is 0 Å². The summed E-state index contributed by atoms with van der Waals surface area (Å²) in [5.74, 6) is -0.523. The summed E-state index contributed by atoms with van der Waals surface area (Å²) < 4.78 is 23.6. The lowest BCUT2D eigenvalue weighted by molar-refractivity contribution is -0.0367. The molecule has 7 heteroatoms. The molecule has 1 N–H and O–H groups in total. The number of aryl methyl sites for hydroxylation is 1. The van der Waals surface area contributed by atoms with Gasteiger partial charge in [-0.15, -0.1) is 0 Å². The van der Waals surface area contributed by atoms with Crippen LogP contribution in [0.25, 0.3) is 28.1 Å². The van der Waals surface area contributed by atoms with E-state index in [0.717, 1.165) is 24.6 Å². The van der Waals surface area contributed by atoms with Gasteiger partial charge in [-0.1, -0.05) is 6.58 Å². The number of fused-ring (bicyclic) bond motifs is 1. The number of aromatic nitrogens is 4. The van der Waals surface area contributed by atoms with Gasteiger partial charge in [0, 0.05) is 30.7 Å². The van der Waals surface area contributed by atoms with E-state index in [1.165, 1.54) is 16.9 Å². The van der Waals surface area contributed by atoms with E-state index in [1.807, 2.05) is 0 Å². The van der Waals surface area contributed by atoms with Crippen LogP contribution >= 0.6 is 0 Å². The first-order valence-corrected chi connectivity index (χ1v) is 8.27. The molecule has 1 aliphatic rings. The van der Waals surface area contributed by atoms with Crippen LogP contribution in [0.5, 0.6) is 5.88 Å². The molecule has 0 radical (unpaired) electrons. The summed E-state index contributed by atoms with van der Waals surface area (Å²) in [5.41, 5.74) is 1.95. The van der Waals surface area contributed by atoms with E-state index in [4.69, 9.17) is 4.74 Å². The Morgan fingerprint density at radius 1 is 1.36 bits per heavy atom.